The fraction of sp³-hybridized carbons (Fsp3) is 0.882. The smallest absolute Gasteiger partial charge is 0.282 e. The Morgan fingerprint density at radius 3 is 2.52 bits per heavy atom. The molecule has 0 N–H and O–H groups in total. The van der Waals surface area contributed by atoms with Gasteiger partial charge in [-0.1, -0.05) is 13.3 Å². The van der Waals surface area contributed by atoms with Crippen molar-refractivity contribution in [2.24, 2.45) is 5.92 Å². The molecule has 4 heterocycles. The van der Waals surface area contributed by atoms with E-state index in [0.29, 0.717) is 25.6 Å². The van der Waals surface area contributed by atoms with Crippen LogP contribution in [0.4, 0.5) is 0 Å². The summed E-state index contributed by atoms with van der Waals surface area (Å²) >= 11 is 0. The van der Waals surface area contributed by atoms with E-state index in [4.69, 9.17) is 0 Å². The van der Waals surface area contributed by atoms with Gasteiger partial charge >= 0.3 is 0 Å². The summed E-state index contributed by atoms with van der Waals surface area (Å²) in [5.74, 6) is 2.51. The standard InChI is InChI=1S/C17H29N5O2S/c1-14-8-12-20(13-9-14)25(23,24)22-11-5-6-15(22)17-19-18-16-7-3-2-4-10-21(16)17/h14-15H,2-13H2,1H3/t15-/m1/s1. The highest BCUT2D eigenvalue weighted by Gasteiger charge is 2.42. The molecule has 8 heteroatoms. The predicted octanol–water partition coefficient (Wildman–Crippen LogP) is 2.12. The monoisotopic (exact) mass is 367 g/mol. The Morgan fingerprint density at radius 2 is 1.72 bits per heavy atom. The second kappa shape index (κ2) is 6.96. The van der Waals surface area contributed by atoms with Crippen LogP contribution in [0.1, 0.15) is 69.6 Å². The summed E-state index contributed by atoms with van der Waals surface area (Å²) in [6.45, 7) is 5.01. The molecule has 0 aromatic carbocycles. The van der Waals surface area contributed by atoms with Gasteiger partial charge in [0, 0.05) is 32.6 Å². The number of rotatable bonds is 3. The minimum absolute atomic E-state index is 0.149. The normalized spacial score (nSPS) is 27.3. The third kappa shape index (κ3) is 3.24. The van der Waals surface area contributed by atoms with E-state index >= 15 is 0 Å². The summed E-state index contributed by atoms with van der Waals surface area (Å²) in [5.41, 5.74) is 0. The van der Waals surface area contributed by atoms with Gasteiger partial charge < -0.3 is 4.57 Å². The minimum atomic E-state index is -3.41. The van der Waals surface area contributed by atoms with Crippen LogP contribution >= 0.6 is 0 Å². The Kier molecular flexibility index (Phi) is 4.85. The lowest BCUT2D eigenvalue weighted by atomic mass is 10.0. The van der Waals surface area contributed by atoms with Crippen molar-refractivity contribution in [3.05, 3.63) is 11.6 Å². The van der Waals surface area contributed by atoms with Crippen molar-refractivity contribution >= 4 is 10.2 Å². The number of aryl methyl sites for hydroxylation is 1. The van der Waals surface area contributed by atoms with Crippen LogP contribution in [0.2, 0.25) is 0 Å². The summed E-state index contributed by atoms with van der Waals surface area (Å²) in [4.78, 5) is 0. The fourth-order valence-corrected chi connectivity index (χ4v) is 6.24. The Morgan fingerprint density at radius 1 is 0.920 bits per heavy atom. The van der Waals surface area contributed by atoms with E-state index in [1.54, 1.807) is 8.61 Å². The molecule has 0 unspecified atom stereocenters. The minimum Gasteiger partial charge on any atom is -0.314 e. The summed E-state index contributed by atoms with van der Waals surface area (Å²) in [7, 11) is -3.41. The highest BCUT2D eigenvalue weighted by molar-refractivity contribution is 7.86. The van der Waals surface area contributed by atoms with Gasteiger partial charge in [-0.25, -0.2) is 0 Å². The van der Waals surface area contributed by atoms with Crippen molar-refractivity contribution < 1.29 is 8.42 Å². The van der Waals surface area contributed by atoms with Crippen LogP contribution in [-0.2, 0) is 23.2 Å². The molecule has 0 spiro atoms. The maximum Gasteiger partial charge on any atom is 0.282 e. The Bertz CT molecular complexity index is 709. The molecule has 2 saturated heterocycles. The molecule has 25 heavy (non-hydrogen) atoms. The third-order valence-electron chi connectivity index (χ3n) is 6.01. The lowest BCUT2D eigenvalue weighted by Crippen LogP contribution is -2.47. The topological polar surface area (TPSA) is 71.3 Å². The number of piperidine rings is 1. The van der Waals surface area contributed by atoms with E-state index in [1.165, 1.54) is 6.42 Å². The lowest BCUT2D eigenvalue weighted by molar-refractivity contribution is 0.257. The van der Waals surface area contributed by atoms with Gasteiger partial charge in [0.05, 0.1) is 6.04 Å². The van der Waals surface area contributed by atoms with Gasteiger partial charge in [0.15, 0.2) is 5.82 Å². The first-order valence-corrected chi connectivity index (χ1v) is 11.2. The zero-order valence-corrected chi connectivity index (χ0v) is 15.9. The molecule has 2 fully saturated rings. The van der Waals surface area contributed by atoms with Crippen LogP contribution < -0.4 is 0 Å². The third-order valence-corrected chi connectivity index (χ3v) is 8.05. The Labute approximate surface area is 150 Å². The van der Waals surface area contributed by atoms with E-state index in [-0.39, 0.29) is 6.04 Å². The number of fused-ring (bicyclic) bond motifs is 1. The van der Waals surface area contributed by atoms with E-state index in [2.05, 4.69) is 21.7 Å². The fourth-order valence-electron chi connectivity index (χ4n) is 4.39. The molecule has 3 aliphatic heterocycles. The number of hydrogen-bond donors (Lipinski definition) is 0. The van der Waals surface area contributed by atoms with Crippen molar-refractivity contribution in [1.29, 1.82) is 0 Å². The molecular formula is C17H29N5O2S. The van der Waals surface area contributed by atoms with Gasteiger partial charge in [-0.05, 0) is 44.4 Å². The summed E-state index contributed by atoms with van der Waals surface area (Å²) in [6, 6.07) is -0.149. The maximum atomic E-state index is 13.2. The van der Waals surface area contributed by atoms with Gasteiger partial charge in [-0.2, -0.15) is 17.0 Å². The largest absolute Gasteiger partial charge is 0.314 e. The molecule has 0 amide bonds. The van der Waals surface area contributed by atoms with Crippen LogP contribution in [0, 0.1) is 5.92 Å². The van der Waals surface area contributed by atoms with Gasteiger partial charge in [0.1, 0.15) is 5.82 Å². The second-order valence-corrected chi connectivity index (χ2v) is 9.68. The predicted molar refractivity (Wildman–Crippen MR) is 95.1 cm³/mol. The van der Waals surface area contributed by atoms with Crippen LogP contribution in [0.25, 0.3) is 0 Å². The van der Waals surface area contributed by atoms with E-state index < -0.39 is 10.2 Å². The molecular weight excluding hydrogens is 338 g/mol. The first kappa shape index (κ1) is 17.4. The highest BCUT2D eigenvalue weighted by Crippen LogP contribution is 2.36. The lowest BCUT2D eigenvalue weighted by Gasteiger charge is -2.34. The first-order valence-electron chi connectivity index (χ1n) is 9.76. The number of nitrogens with zero attached hydrogens (tertiary/aromatic N) is 5. The molecule has 3 aliphatic rings. The zero-order chi connectivity index (χ0) is 17.4. The van der Waals surface area contributed by atoms with E-state index in [9.17, 15) is 8.42 Å². The molecule has 140 valence electrons. The molecule has 4 rings (SSSR count). The molecule has 0 aliphatic carbocycles. The van der Waals surface area contributed by atoms with Crippen molar-refractivity contribution in [2.45, 2.75) is 70.9 Å². The van der Waals surface area contributed by atoms with Gasteiger partial charge in [-0.15, -0.1) is 10.2 Å². The molecule has 0 radical (unpaired) electrons. The average molecular weight is 368 g/mol. The summed E-state index contributed by atoms with van der Waals surface area (Å²) < 4.78 is 32.0. The highest BCUT2D eigenvalue weighted by atomic mass is 32.2. The summed E-state index contributed by atoms with van der Waals surface area (Å²) in [5, 5.41) is 8.81. The Hall–Kier alpha value is -0.990. The molecule has 0 bridgehead atoms. The molecule has 7 nitrogen and oxygen atoms in total. The van der Waals surface area contributed by atoms with Gasteiger partial charge in [0.25, 0.3) is 10.2 Å². The number of hydrogen-bond acceptors (Lipinski definition) is 4. The molecule has 1 aromatic rings. The van der Waals surface area contributed by atoms with Crippen molar-refractivity contribution in [3.8, 4) is 0 Å². The number of aromatic nitrogens is 3. The van der Waals surface area contributed by atoms with E-state index in [1.807, 2.05) is 0 Å². The molecule has 1 aromatic heterocycles. The zero-order valence-electron chi connectivity index (χ0n) is 15.1. The van der Waals surface area contributed by atoms with Crippen molar-refractivity contribution in [2.75, 3.05) is 19.6 Å². The van der Waals surface area contributed by atoms with Gasteiger partial charge in [-0.3, -0.25) is 0 Å². The van der Waals surface area contributed by atoms with Gasteiger partial charge in [0.2, 0.25) is 0 Å². The molecule has 1 atom stereocenters. The van der Waals surface area contributed by atoms with Crippen LogP contribution in [0.3, 0.4) is 0 Å². The SMILES string of the molecule is CC1CCN(S(=O)(=O)N2CCC[C@@H]2c2nnc3n2CCCCC3)CC1. The Balaban J connectivity index is 1.59. The van der Waals surface area contributed by atoms with Crippen LogP contribution in [-0.4, -0.2) is 51.4 Å². The van der Waals surface area contributed by atoms with Crippen molar-refractivity contribution in [1.82, 2.24) is 23.4 Å². The average Bonchev–Trinajstić information content (AvgIpc) is 3.17. The quantitative estimate of drug-likeness (QED) is 0.820. The summed E-state index contributed by atoms with van der Waals surface area (Å²) in [6.07, 6.45) is 8.10. The van der Waals surface area contributed by atoms with Crippen molar-refractivity contribution in [3.63, 3.8) is 0 Å². The second-order valence-electron chi connectivity index (χ2n) is 7.79. The van der Waals surface area contributed by atoms with Crippen LogP contribution in [0.5, 0.6) is 0 Å². The molecule has 0 saturated carbocycles. The van der Waals surface area contributed by atoms with E-state index in [0.717, 1.165) is 63.1 Å². The first-order chi connectivity index (χ1) is 12.1. The van der Waals surface area contributed by atoms with Crippen LogP contribution in [0.15, 0.2) is 0 Å². The maximum absolute atomic E-state index is 13.2.